The van der Waals surface area contributed by atoms with Gasteiger partial charge in [0.1, 0.15) is 12.6 Å². The summed E-state index contributed by atoms with van der Waals surface area (Å²) in [6, 6.07) is 9.40. The van der Waals surface area contributed by atoms with E-state index < -0.39 is 5.97 Å². The van der Waals surface area contributed by atoms with Crippen molar-refractivity contribution < 1.29 is 29.0 Å². The highest BCUT2D eigenvalue weighted by Crippen LogP contribution is 2.76. The second-order valence-corrected chi connectivity index (χ2v) is 19.7. The molecule has 0 saturated heterocycles. The number of aliphatic carboxylic acids is 1. The van der Waals surface area contributed by atoms with Gasteiger partial charge in [0, 0.05) is 18.4 Å². The van der Waals surface area contributed by atoms with E-state index in [0.717, 1.165) is 77.0 Å². The number of ether oxygens (including phenoxy) is 1. The summed E-state index contributed by atoms with van der Waals surface area (Å²) >= 11 is 0. The first kappa shape index (κ1) is 39.5. The van der Waals surface area contributed by atoms with Crippen LogP contribution in [0.1, 0.15) is 149 Å². The van der Waals surface area contributed by atoms with E-state index in [0.29, 0.717) is 36.8 Å². The number of carbonyl (C=O) groups excluding carboxylic acids is 3. The van der Waals surface area contributed by atoms with Crippen molar-refractivity contribution in [3.8, 4) is 0 Å². The predicted molar refractivity (Wildman–Crippen MR) is 207 cm³/mol. The lowest BCUT2D eigenvalue weighted by atomic mass is 9.33. The first-order valence-corrected chi connectivity index (χ1v) is 20.6. The number of carbonyl (C=O) groups is 4. The van der Waals surface area contributed by atoms with E-state index in [4.69, 9.17) is 9.84 Å². The second-order valence-electron chi connectivity index (χ2n) is 19.7. The van der Waals surface area contributed by atoms with E-state index in [1.165, 1.54) is 0 Å². The smallest absolute Gasteiger partial charge is 0.338 e. The quantitative estimate of drug-likeness (QED) is 0.119. The van der Waals surface area contributed by atoms with Gasteiger partial charge in [-0.25, -0.2) is 4.79 Å². The third-order valence-electron chi connectivity index (χ3n) is 16.1. The number of esters is 1. The number of hydrogen-bond acceptors (Lipinski definition) is 5. The van der Waals surface area contributed by atoms with Gasteiger partial charge < -0.3 is 20.5 Å². The van der Waals surface area contributed by atoms with Gasteiger partial charge in [0.05, 0.1) is 11.0 Å². The molecular formula is C45H66N2O6. The molecule has 0 aromatic heterocycles. The Kier molecular flexibility index (Phi) is 10.8. The average Bonchev–Trinajstić information content (AvgIpc) is 3.10. The molecule has 8 nitrogen and oxygen atoms in total. The molecule has 1 aromatic carbocycles. The van der Waals surface area contributed by atoms with Crippen molar-refractivity contribution in [1.82, 2.24) is 10.6 Å². The predicted octanol–water partition coefficient (Wildman–Crippen LogP) is 8.89. The van der Waals surface area contributed by atoms with Gasteiger partial charge in [-0.15, -0.1) is 0 Å². The maximum atomic E-state index is 14.4. The molecule has 5 aliphatic carbocycles. The molecule has 0 bridgehead atoms. The molecule has 0 radical (unpaired) electrons. The van der Waals surface area contributed by atoms with E-state index in [-0.39, 0.29) is 68.8 Å². The summed E-state index contributed by atoms with van der Waals surface area (Å²) in [5, 5.41) is 14.6. The van der Waals surface area contributed by atoms with Gasteiger partial charge in [0.15, 0.2) is 0 Å². The minimum Gasteiger partial charge on any atom is -0.480 e. The first-order chi connectivity index (χ1) is 24.9. The van der Waals surface area contributed by atoms with Crippen molar-refractivity contribution in [2.45, 2.75) is 144 Å². The molecule has 4 fully saturated rings. The number of amides is 2. The van der Waals surface area contributed by atoms with Crippen molar-refractivity contribution in [2.24, 2.45) is 50.2 Å². The molecular weight excluding hydrogens is 665 g/mol. The van der Waals surface area contributed by atoms with E-state index >= 15 is 0 Å². The minimum absolute atomic E-state index is 0.0216. The Labute approximate surface area is 318 Å². The normalized spacial score (nSPS) is 36.6. The number of carboxylic acids is 1. The third kappa shape index (κ3) is 6.99. The Bertz CT molecular complexity index is 1600. The Morgan fingerprint density at radius 3 is 2.25 bits per heavy atom. The number of fused-ring (bicyclic) bond motifs is 7. The van der Waals surface area contributed by atoms with Gasteiger partial charge in [-0.05, 0) is 129 Å². The van der Waals surface area contributed by atoms with E-state index in [1.807, 2.05) is 30.3 Å². The molecule has 53 heavy (non-hydrogen) atoms. The molecule has 2 amide bonds. The largest absolute Gasteiger partial charge is 0.480 e. The van der Waals surface area contributed by atoms with Gasteiger partial charge in [-0.1, -0.05) is 84.7 Å². The van der Waals surface area contributed by atoms with Crippen LogP contribution in [-0.2, 0) is 19.1 Å². The standard InChI is InChI=1S/C45H66N2O6/c1-40(2)23-25-45(39(52)46-27-13-9-12-16-36(48)47-29-37(49)50)26-24-43(6)31(32(45)28-40)17-18-34-42(5)21-20-35(53-38(51)30-14-10-8-11-15-30)41(3,4)33(42)19-22-44(34,43)7/h8,10-11,14-15,17,32-35H,9,12-13,16,18-29H2,1-7H3,(H,46,52)(H,47,48)(H,49,50)/t32-,33-,34+,35-,42-,43+,44+,45-/m0/s1. The zero-order valence-corrected chi connectivity index (χ0v) is 33.6. The fourth-order valence-electron chi connectivity index (χ4n) is 12.8. The number of benzene rings is 1. The minimum atomic E-state index is -1.04. The zero-order valence-electron chi connectivity index (χ0n) is 33.6. The number of nitrogens with one attached hydrogen (secondary N) is 2. The topological polar surface area (TPSA) is 122 Å². The second kappa shape index (κ2) is 14.5. The zero-order chi connectivity index (χ0) is 38.5. The number of carboxylic acid groups (broad SMARTS) is 1. The molecule has 0 aliphatic heterocycles. The molecule has 0 spiro atoms. The molecule has 8 heteroatoms. The summed E-state index contributed by atoms with van der Waals surface area (Å²) < 4.78 is 6.32. The van der Waals surface area contributed by atoms with Gasteiger partial charge in [-0.2, -0.15) is 0 Å². The average molecular weight is 731 g/mol. The molecule has 3 N–H and O–H groups in total. The molecule has 292 valence electrons. The molecule has 8 atom stereocenters. The maximum absolute atomic E-state index is 14.4. The van der Waals surface area contributed by atoms with Crippen molar-refractivity contribution in [2.75, 3.05) is 13.1 Å². The maximum Gasteiger partial charge on any atom is 0.338 e. The Morgan fingerprint density at radius 2 is 1.53 bits per heavy atom. The van der Waals surface area contributed by atoms with Crippen LogP contribution in [0.2, 0.25) is 0 Å². The molecule has 0 heterocycles. The lowest BCUT2D eigenvalue weighted by molar-refractivity contribution is -0.204. The Morgan fingerprint density at radius 1 is 0.811 bits per heavy atom. The van der Waals surface area contributed by atoms with Gasteiger partial charge in [-0.3, -0.25) is 14.4 Å². The molecule has 5 aliphatic rings. The van der Waals surface area contributed by atoms with E-state index in [2.05, 4.69) is 65.2 Å². The van der Waals surface area contributed by atoms with Crippen LogP contribution in [0.3, 0.4) is 0 Å². The SMILES string of the molecule is CC1(C)CC[C@]2(C(=O)NCCCCCC(=O)NCC(=O)O)CC[C@]3(C)C(=CC[C@@H]4[C@@]5(C)CC[C@H](OC(=O)c6ccccc6)C(C)(C)[C@@H]5CC[C@]43C)[C@@H]2C1. The fraction of sp³-hybridized carbons (Fsp3) is 0.733. The van der Waals surface area contributed by atoms with Gasteiger partial charge >= 0.3 is 11.9 Å². The van der Waals surface area contributed by atoms with Crippen LogP contribution < -0.4 is 10.6 Å². The number of unbranched alkanes of at least 4 members (excludes halogenated alkanes) is 2. The van der Waals surface area contributed by atoms with Crippen LogP contribution in [0.4, 0.5) is 0 Å². The van der Waals surface area contributed by atoms with Crippen LogP contribution >= 0.6 is 0 Å². The van der Waals surface area contributed by atoms with Crippen molar-refractivity contribution in [1.29, 1.82) is 0 Å². The van der Waals surface area contributed by atoms with Crippen LogP contribution in [0, 0.1) is 50.2 Å². The van der Waals surface area contributed by atoms with E-state index in [1.54, 1.807) is 5.57 Å². The van der Waals surface area contributed by atoms with Gasteiger partial charge in [0.2, 0.25) is 11.8 Å². The van der Waals surface area contributed by atoms with E-state index in [9.17, 15) is 19.2 Å². The van der Waals surface area contributed by atoms with Crippen LogP contribution in [-0.4, -0.2) is 48.1 Å². The van der Waals surface area contributed by atoms with Crippen molar-refractivity contribution in [3.05, 3.63) is 47.5 Å². The highest BCUT2D eigenvalue weighted by molar-refractivity contribution is 5.89. The van der Waals surface area contributed by atoms with Crippen molar-refractivity contribution >= 4 is 23.8 Å². The Balaban J connectivity index is 1.18. The Hall–Kier alpha value is -3.16. The highest BCUT2D eigenvalue weighted by Gasteiger charge is 2.69. The number of allylic oxidation sites excluding steroid dienone is 2. The highest BCUT2D eigenvalue weighted by atomic mass is 16.5. The third-order valence-corrected chi connectivity index (χ3v) is 16.1. The monoisotopic (exact) mass is 730 g/mol. The molecule has 1 aromatic rings. The molecule has 4 saturated carbocycles. The first-order valence-electron chi connectivity index (χ1n) is 20.6. The fourth-order valence-corrected chi connectivity index (χ4v) is 12.8. The molecule has 0 unspecified atom stereocenters. The summed E-state index contributed by atoms with van der Waals surface area (Å²) in [5.74, 6) is -0.0712. The summed E-state index contributed by atoms with van der Waals surface area (Å²) in [6.45, 7) is 17.4. The lowest BCUT2D eigenvalue weighted by Gasteiger charge is -2.71. The van der Waals surface area contributed by atoms with Gasteiger partial charge in [0.25, 0.3) is 0 Å². The molecule has 6 rings (SSSR count). The van der Waals surface area contributed by atoms with Crippen LogP contribution in [0.5, 0.6) is 0 Å². The lowest BCUT2D eigenvalue weighted by Crippen LogP contribution is -2.65. The number of rotatable bonds is 11. The van der Waals surface area contributed by atoms with Crippen LogP contribution in [0.15, 0.2) is 42.0 Å². The summed E-state index contributed by atoms with van der Waals surface area (Å²) in [4.78, 5) is 50.2. The van der Waals surface area contributed by atoms with Crippen LogP contribution in [0.25, 0.3) is 0 Å². The summed E-state index contributed by atoms with van der Waals surface area (Å²) in [5.41, 5.74) is 2.11. The summed E-state index contributed by atoms with van der Waals surface area (Å²) in [6.07, 6.45) is 15.3. The van der Waals surface area contributed by atoms with Crippen molar-refractivity contribution in [3.63, 3.8) is 0 Å². The number of hydrogen-bond donors (Lipinski definition) is 3. The summed E-state index contributed by atoms with van der Waals surface area (Å²) in [7, 11) is 0.